The van der Waals surface area contributed by atoms with E-state index in [9.17, 15) is 23.1 Å². The first-order valence-corrected chi connectivity index (χ1v) is 19.0. The van der Waals surface area contributed by atoms with Crippen LogP contribution in [0.4, 0.5) is 10.1 Å². The summed E-state index contributed by atoms with van der Waals surface area (Å²) in [5, 5.41) is 12.5. The number of amides is 2. The Kier molecular flexibility index (Phi) is 12.2. The fourth-order valence-corrected chi connectivity index (χ4v) is 8.29. The maximum Gasteiger partial charge on any atom is 0.339 e. The summed E-state index contributed by atoms with van der Waals surface area (Å²) in [6.45, 7) is 12.3. The Balaban J connectivity index is 1.87. The number of anilines is 1. The van der Waals surface area contributed by atoms with Crippen molar-refractivity contribution in [3.05, 3.63) is 93.8 Å². The van der Waals surface area contributed by atoms with Crippen LogP contribution in [0.5, 0.6) is 5.75 Å². The number of rotatable bonds is 13. The van der Waals surface area contributed by atoms with E-state index in [0.29, 0.717) is 23.4 Å². The largest absolute Gasteiger partial charge is 0.496 e. The molecule has 1 saturated heterocycles. The maximum atomic E-state index is 15.4. The van der Waals surface area contributed by atoms with Gasteiger partial charge in [-0.1, -0.05) is 54.9 Å². The van der Waals surface area contributed by atoms with Gasteiger partial charge in [0.1, 0.15) is 17.1 Å². The number of aromatic carboxylic acids is 1. The second-order valence-corrected chi connectivity index (χ2v) is 18.2. The van der Waals surface area contributed by atoms with Crippen molar-refractivity contribution < 1.29 is 37.0 Å². The lowest BCUT2D eigenvalue weighted by Gasteiger charge is -2.52. The Bertz CT molecular complexity index is 1880. The Morgan fingerprint density at radius 1 is 1.22 bits per heavy atom. The number of hydrogen-bond acceptors (Lipinski definition) is 6. The highest BCUT2D eigenvalue weighted by molar-refractivity contribution is 7.92. The molecule has 4 rings (SSSR count). The Hall–Kier alpha value is -3.67. The van der Waals surface area contributed by atoms with E-state index in [4.69, 9.17) is 27.9 Å². The number of nitrogens with zero attached hydrogens (tertiary/aromatic N) is 1. The molecular formula is C38H45Cl2FN2O7S. The van der Waals surface area contributed by atoms with Crippen LogP contribution in [0.3, 0.4) is 0 Å². The number of nitrogens with one attached hydrogen (secondary N) is 1. The van der Waals surface area contributed by atoms with Crippen LogP contribution in [0.2, 0.25) is 5.02 Å². The number of methoxy groups -OCH3 is 1. The third-order valence-electron chi connectivity index (χ3n) is 9.67. The van der Waals surface area contributed by atoms with Crippen LogP contribution >= 0.6 is 23.2 Å². The van der Waals surface area contributed by atoms with Crippen molar-refractivity contribution in [1.29, 1.82) is 0 Å². The normalized spacial score (nSPS) is 22.4. The monoisotopic (exact) mass is 762 g/mol. The third-order valence-corrected chi connectivity index (χ3v) is 12.9. The number of piperidine rings is 1. The minimum absolute atomic E-state index is 0.0412. The highest BCUT2D eigenvalue weighted by atomic mass is 35.5. The number of carboxylic acid groups (broad SMARTS) is 1. The molecule has 9 nitrogen and oxygen atoms in total. The zero-order valence-corrected chi connectivity index (χ0v) is 32.0. The molecule has 2 N–H and O–H groups in total. The van der Waals surface area contributed by atoms with E-state index in [1.54, 1.807) is 57.7 Å². The zero-order valence-electron chi connectivity index (χ0n) is 29.6. The number of carboxylic acids is 1. The van der Waals surface area contributed by atoms with Crippen molar-refractivity contribution in [3.63, 3.8) is 0 Å². The molecule has 1 aliphatic carbocycles. The molecule has 2 aromatic carbocycles. The van der Waals surface area contributed by atoms with E-state index in [1.807, 2.05) is 6.07 Å². The number of likely N-dealkylation sites (tertiary alicyclic amines) is 1. The van der Waals surface area contributed by atoms with Crippen LogP contribution in [0, 0.1) is 11.3 Å². The molecule has 0 aromatic heterocycles. The van der Waals surface area contributed by atoms with Crippen LogP contribution in [-0.4, -0.2) is 65.9 Å². The van der Waals surface area contributed by atoms with Gasteiger partial charge in [-0.15, -0.1) is 0 Å². The fourth-order valence-electron chi connectivity index (χ4n) is 6.65. The number of hydrogen-bond donors (Lipinski definition) is 2. The second-order valence-electron chi connectivity index (χ2n) is 14.5. The summed E-state index contributed by atoms with van der Waals surface area (Å²) in [5.74, 6) is -3.99. The number of benzene rings is 2. The first kappa shape index (κ1) is 40.1. The molecule has 1 unspecified atom stereocenters. The Labute approximate surface area is 309 Å². The fraction of sp³-hybridized carbons (Fsp3) is 0.447. The predicted molar refractivity (Wildman–Crippen MR) is 199 cm³/mol. The van der Waals surface area contributed by atoms with Gasteiger partial charge >= 0.3 is 5.97 Å². The van der Waals surface area contributed by atoms with Gasteiger partial charge in [-0.2, -0.15) is 0 Å². The minimum atomic E-state index is -3.77. The number of carbonyl (C=O) groups excluding carboxylic acids is 2. The van der Waals surface area contributed by atoms with Gasteiger partial charge in [0.25, 0.3) is 0 Å². The molecule has 1 heterocycles. The number of halogens is 3. The molecule has 2 aliphatic rings. The summed E-state index contributed by atoms with van der Waals surface area (Å²) >= 11 is 12.6. The molecule has 276 valence electrons. The number of allylic oxidation sites excluding steroid dienone is 3. The molecular weight excluding hydrogens is 718 g/mol. The van der Waals surface area contributed by atoms with Gasteiger partial charge in [0.15, 0.2) is 9.84 Å². The van der Waals surface area contributed by atoms with E-state index in [1.165, 1.54) is 37.5 Å². The van der Waals surface area contributed by atoms with Crippen LogP contribution in [0.15, 0.2) is 77.6 Å². The summed E-state index contributed by atoms with van der Waals surface area (Å²) in [6.07, 6.45) is 3.75. The van der Waals surface area contributed by atoms with Gasteiger partial charge in [-0.3, -0.25) is 9.59 Å². The molecule has 1 saturated carbocycles. The molecule has 4 atom stereocenters. The lowest BCUT2D eigenvalue weighted by molar-refractivity contribution is -0.154. The van der Waals surface area contributed by atoms with Crippen LogP contribution < -0.4 is 10.1 Å². The van der Waals surface area contributed by atoms with Crippen LogP contribution in [0.1, 0.15) is 82.1 Å². The molecule has 2 fully saturated rings. The first-order valence-electron chi connectivity index (χ1n) is 16.6. The van der Waals surface area contributed by atoms with Crippen molar-refractivity contribution in [2.24, 2.45) is 11.3 Å². The Morgan fingerprint density at radius 3 is 2.43 bits per heavy atom. The molecule has 2 amide bonds. The average molecular weight is 764 g/mol. The molecule has 0 bridgehead atoms. The van der Waals surface area contributed by atoms with Crippen LogP contribution in [0.25, 0.3) is 0 Å². The van der Waals surface area contributed by atoms with Crippen molar-refractivity contribution in [3.8, 4) is 5.75 Å². The number of sulfone groups is 1. The summed E-state index contributed by atoms with van der Waals surface area (Å²) in [7, 11) is -2.45. The zero-order chi connectivity index (χ0) is 38.1. The van der Waals surface area contributed by atoms with Gasteiger partial charge in [0.05, 0.1) is 34.1 Å². The molecule has 1 aliphatic heterocycles. The van der Waals surface area contributed by atoms with Gasteiger partial charge < -0.3 is 20.1 Å². The van der Waals surface area contributed by atoms with Crippen molar-refractivity contribution >= 4 is 56.5 Å². The summed E-state index contributed by atoms with van der Waals surface area (Å²) in [6, 6.07) is 9.43. The summed E-state index contributed by atoms with van der Waals surface area (Å²) in [5.41, 5.74) is -0.293. The highest BCUT2D eigenvalue weighted by Gasteiger charge is 2.55. The SMILES string of the molecule is C=C(/C=C(F)\C(Cl)=C/C)[C@@H]1C(c2cccc(Cl)c2)C[C@](C)(CC(=O)Nc2ccc(C(=O)O)c(OC)c2)C(=O)N1[C@H](CS(=O)(=O)C(C)(C)C)C1CC1. The second kappa shape index (κ2) is 15.5. The lowest BCUT2D eigenvalue weighted by Crippen LogP contribution is -2.62. The van der Waals surface area contributed by atoms with Crippen molar-refractivity contribution in [2.75, 3.05) is 18.2 Å². The topological polar surface area (TPSA) is 130 Å². The van der Waals surface area contributed by atoms with Gasteiger partial charge in [0.2, 0.25) is 11.8 Å². The predicted octanol–water partition coefficient (Wildman–Crippen LogP) is 8.31. The molecule has 0 spiro atoms. The Morgan fingerprint density at radius 2 is 1.88 bits per heavy atom. The third kappa shape index (κ3) is 9.04. The minimum Gasteiger partial charge on any atom is -0.496 e. The van der Waals surface area contributed by atoms with E-state index in [-0.39, 0.29) is 52.1 Å². The standard InChI is InChI=1S/C38H45Cl2FN2O7S/c1-8-29(40)30(41)16-22(2)34-28(24-10-9-11-25(39)17-24)19-38(6,20-33(44)42-26-14-15-27(35(45)46)32(18-26)50-7)36(47)43(34)31(23-12-13-23)21-51(48,49)37(3,4)5/h8-11,14-18,23,28,31,34H,2,12-13,19-21H2,1,3-7H3,(H,42,44)(H,45,46)/b29-8+,30-16+/t28?,31-,34-,38-/m1/s1. The summed E-state index contributed by atoms with van der Waals surface area (Å²) < 4.78 is 47.0. The smallest absolute Gasteiger partial charge is 0.339 e. The average Bonchev–Trinajstić information content (AvgIpc) is 3.89. The maximum absolute atomic E-state index is 15.4. The molecule has 0 radical (unpaired) electrons. The van der Waals surface area contributed by atoms with Crippen molar-refractivity contribution in [1.82, 2.24) is 4.90 Å². The van der Waals surface area contributed by atoms with E-state index in [2.05, 4.69) is 11.9 Å². The highest BCUT2D eigenvalue weighted by Crippen LogP contribution is 2.51. The van der Waals surface area contributed by atoms with Gasteiger partial charge in [-0.05, 0) is 94.4 Å². The van der Waals surface area contributed by atoms with E-state index < -0.39 is 61.6 Å². The molecule has 2 aromatic rings. The molecule has 51 heavy (non-hydrogen) atoms. The van der Waals surface area contributed by atoms with E-state index >= 15 is 9.18 Å². The van der Waals surface area contributed by atoms with Crippen molar-refractivity contribution in [2.45, 2.75) is 83.1 Å². The quantitative estimate of drug-likeness (QED) is 0.196. The van der Waals surface area contributed by atoms with E-state index in [0.717, 1.165) is 0 Å². The summed E-state index contributed by atoms with van der Waals surface area (Å²) in [4.78, 5) is 41.9. The first-order chi connectivity index (χ1) is 23.7. The van der Waals surface area contributed by atoms with Gasteiger partial charge in [0, 0.05) is 35.2 Å². The number of ether oxygens (including phenoxy) is 1. The molecule has 13 heteroatoms. The van der Waals surface area contributed by atoms with Crippen LogP contribution in [-0.2, 0) is 19.4 Å². The van der Waals surface area contributed by atoms with Gasteiger partial charge in [-0.25, -0.2) is 17.6 Å². The number of carbonyl (C=O) groups is 3. The lowest BCUT2D eigenvalue weighted by atomic mass is 9.66.